The number of hydrogen-bond acceptors (Lipinski definition) is 5. The summed E-state index contributed by atoms with van der Waals surface area (Å²) in [5.41, 5.74) is -0.591. The molecule has 1 aliphatic rings. The molecule has 0 bridgehead atoms. The number of nitrogens with zero attached hydrogens (tertiary/aromatic N) is 1. The molecule has 2 atom stereocenters. The molecule has 0 aromatic heterocycles. The molecule has 0 fully saturated rings. The maximum absolute atomic E-state index is 11.9. The predicted octanol–water partition coefficient (Wildman–Crippen LogP) is 2.05. The van der Waals surface area contributed by atoms with Crippen LogP contribution in [0.25, 0.3) is 0 Å². The van der Waals surface area contributed by atoms with Crippen molar-refractivity contribution in [3.63, 3.8) is 0 Å². The number of rotatable bonds is 2. The highest BCUT2D eigenvalue weighted by Crippen LogP contribution is 2.18. The number of carbonyl (C=O) groups is 2. The molecule has 0 saturated heterocycles. The summed E-state index contributed by atoms with van der Waals surface area (Å²) >= 11 is 0. The van der Waals surface area contributed by atoms with Crippen molar-refractivity contribution in [2.75, 3.05) is 6.61 Å². The number of hydroxylamine groups is 2. The Kier molecular flexibility index (Phi) is 4.94. The van der Waals surface area contributed by atoms with Gasteiger partial charge < -0.3 is 9.47 Å². The molecule has 19 heavy (non-hydrogen) atoms. The number of carbonyl (C=O) groups excluding carboxylic acids is 2. The Hall–Kier alpha value is -1.56. The molecule has 1 rings (SSSR count). The van der Waals surface area contributed by atoms with E-state index in [0.29, 0.717) is 0 Å². The molecule has 1 amide bonds. The van der Waals surface area contributed by atoms with E-state index in [1.54, 1.807) is 26.8 Å². The Bertz CT molecular complexity index is 372. The highest BCUT2D eigenvalue weighted by Gasteiger charge is 2.30. The van der Waals surface area contributed by atoms with E-state index < -0.39 is 17.8 Å². The molecule has 0 N–H and O–H groups in total. The van der Waals surface area contributed by atoms with Gasteiger partial charge in [0.2, 0.25) is 0 Å². The van der Waals surface area contributed by atoms with Crippen molar-refractivity contribution < 1.29 is 23.9 Å². The lowest BCUT2D eigenvalue weighted by atomic mass is 10.2. The summed E-state index contributed by atoms with van der Waals surface area (Å²) in [7, 11) is 0. The first-order valence-corrected chi connectivity index (χ1v) is 6.19. The Balaban J connectivity index is 2.61. The summed E-state index contributed by atoms with van der Waals surface area (Å²) in [4.78, 5) is 28.1. The van der Waals surface area contributed by atoms with Gasteiger partial charge in [0.05, 0.1) is 6.04 Å². The molecule has 6 nitrogen and oxygen atoms in total. The summed E-state index contributed by atoms with van der Waals surface area (Å²) in [5.74, 6) is -0.389. The molecular formula is C13H21NO5. The lowest BCUT2D eigenvalue weighted by Gasteiger charge is -2.34. The third-order valence-electron chi connectivity index (χ3n) is 2.25. The van der Waals surface area contributed by atoms with Crippen LogP contribution in [0.5, 0.6) is 0 Å². The minimum atomic E-state index is -0.591. The fourth-order valence-corrected chi connectivity index (χ4v) is 1.44. The maximum atomic E-state index is 11.9. The van der Waals surface area contributed by atoms with E-state index in [1.165, 1.54) is 6.92 Å². The molecular weight excluding hydrogens is 250 g/mol. The third-order valence-corrected chi connectivity index (χ3v) is 2.25. The van der Waals surface area contributed by atoms with Gasteiger partial charge in [0.1, 0.15) is 18.3 Å². The minimum absolute atomic E-state index is 0.0673. The average Bonchev–Trinajstić information content (AvgIpc) is 2.25. The van der Waals surface area contributed by atoms with Crippen LogP contribution < -0.4 is 0 Å². The number of amides is 1. The van der Waals surface area contributed by atoms with E-state index in [4.69, 9.17) is 14.3 Å². The molecule has 0 aromatic carbocycles. The van der Waals surface area contributed by atoms with E-state index in [0.717, 1.165) is 5.06 Å². The van der Waals surface area contributed by atoms with Crippen molar-refractivity contribution in [1.29, 1.82) is 0 Å². The monoisotopic (exact) mass is 271 g/mol. The molecule has 0 spiro atoms. The Morgan fingerprint density at radius 2 is 1.95 bits per heavy atom. The minimum Gasteiger partial charge on any atom is -0.463 e. The average molecular weight is 271 g/mol. The van der Waals surface area contributed by atoms with Crippen LogP contribution >= 0.6 is 0 Å². The first-order chi connectivity index (χ1) is 8.69. The maximum Gasteiger partial charge on any atom is 0.435 e. The predicted molar refractivity (Wildman–Crippen MR) is 68.2 cm³/mol. The van der Waals surface area contributed by atoms with Crippen molar-refractivity contribution in [1.82, 2.24) is 5.06 Å². The molecule has 0 saturated carbocycles. The number of ether oxygens (including phenoxy) is 2. The highest BCUT2D eigenvalue weighted by atomic mass is 16.7. The van der Waals surface area contributed by atoms with Crippen LogP contribution in [0, 0.1) is 0 Å². The molecule has 6 heteroatoms. The SMILES string of the molecule is CC(=O)OC[C@@H]1C=C[C@H](C)N(C(=O)OC(C)(C)C)O1. The summed E-state index contributed by atoms with van der Waals surface area (Å²) in [5, 5.41) is 1.15. The second kappa shape index (κ2) is 6.06. The van der Waals surface area contributed by atoms with Gasteiger partial charge >= 0.3 is 12.1 Å². The molecule has 1 aliphatic heterocycles. The Morgan fingerprint density at radius 1 is 1.32 bits per heavy atom. The molecule has 0 unspecified atom stereocenters. The van der Waals surface area contributed by atoms with Crippen LogP contribution in [0.3, 0.4) is 0 Å². The van der Waals surface area contributed by atoms with Gasteiger partial charge in [-0.3, -0.25) is 9.63 Å². The first-order valence-electron chi connectivity index (χ1n) is 6.19. The second-order valence-electron chi connectivity index (χ2n) is 5.38. The van der Waals surface area contributed by atoms with E-state index in [-0.39, 0.29) is 18.6 Å². The lowest BCUT2D eigenvalue weighted by molar-refractivity contribution is -0.199. The summed E-state index contributed by atoms with van der Waals surface area (Å²) < 4.78 is 10.1. The van der Waals surface area contributed by atoms with Gasteiger partial charge in [-0.15, -0.1) is 0 Å². The second-order valence-corrected chi connectivity index (χ2v) is 5.38. The number of esters is 1. The van der Waals surface area contributed by atoms with Crippen molar-refractivity contribution in [2.24, 2.45) is 0 Å². The zero-order valence-corrected chi connectivity index (χ0v) is 12.0. The van der Waals surface area contributed by atoms with Crippen molar-refractivity contribution in [3.8, 4) is 0 Å². The van der Waals surface area contributed by atoms with Crippen LogP contribution in [-0.4, -0.2) is 41.5 Å². The largest absolute Gasteiger partial charge is 0.463 e. The van der Waals surface area contributed by atoms with Gasteiger partial charge in [-0.05, 0) is 27.7 Å². The van der Waals surface area contributed by atoms with Crippen LogP contribution in [0.15, 0.2) is 12.2 Å². The first kappa shape index (κ1) is 15.5. The van der Waals surface area contributed by atoms with Gasteiger partial charge in [0, 0.05) is 6.92 Å². The molecule has 0 aliphatic carbocycles. The summed E-state index contributed by atoms with van der Waals surface area (Å²) in [6, 6.07) is -0.233. The van der Waals surface area contributed by atoms with Crippen molar-refractivity contribution in [3.05, 3.63) is 12.2 Å². The molecule has 108 valence electrons. The molecule has 0 radical (unpaired) electrons. The van der Waals surface area contributed by atoms with Gasteiger partial charge in [-0.2, -0.15) is 5.06 Å². The summed E-state index contributed by atoms with van der Waals surface area (Å²) in [6.45, 7) is 8.55. The van der Waals surface area contributed by atoms with Crippen LogP contribution in [0.2, 0.25) is 0 Å². The summed E-state index contributed by atoms with van der Waals surface area (Å²) in [6.07, 6.45) is 2.53. The van der Waals surface area contributed by atoms with Gasteiger partial charge in [-0.25, -0.2) is 4.79 Å². The number of hydrogen-bond donors (Lipinski definition) is 0. The third kappa shape index (κ3) is 5.30. The van der Waals surface area contributed by atoms with Gasteiger partial charge in [-0.1, -0.05) is 12.2 Å². The van der Waals surface area contributed by atoms with Crippen LogP contribution in [0.4, 0.5) is 4.79 Å². The Labute approximate surface area is 113 Å². The standard InChI is InChI=1S/C13H21NO5/c1-9-6-7-11(8-17-10(2)15)19-14(9)12(16)18-13(3,4)5/h6-7,9,11H,8H2,1-5H3/t9-,11-/m0/s1. The van der Waals surface area contributed by atoms with Gasteiger partial charge in [0.25, 0.3) is 0 Å². The van der Waals surface area contributed by atoms with Crippen molar-refractivity contribution in [2.45, 2.75) is 52.4 Å². The zero-order chi connectivity index (χ0) is 14.6. The van der Waals surface area contributed by atoms with E-state index in [2.05, 4.69) is 0 Å². The van der Waals surface area contributed by atoms with E-state index in [1.807, 2.05) is 13.0 Å². The topological polar surface area (TPSA) is 65.1 Å². The lowest BCUT2D eigenvalue weighted by Crippen LogP contribution is -2.46. The molecule has 0 aromatic rings. The smallest absolute Gasteiger partial charge is 0.435 e. The van der Waals surface area contributed by atoms with Crippen LogP contribution in [0.1, 0.15) is 34.6 Å². The quantitative estimate of drug-likeness (QED) is 0.568. The van der Waals surface area contributed by atoms with Crippen LogP contribution in [-0.2, 0) is 19.1 Å². The Morgan fingerprint density at radius 3 is 2.47 bits per heavy atom. The molecule has 1 heterocycles. The normalized spacial score (nSPS) is 23.1. The van der Waals surface area contributed by atoms with E-state index in [9.17, 15) is 9.59 Å². The van der Waals surface area contributed by atoms with E-state index >= 15 is 0 Å². The van der Waals surface area contributed by atoms with Crippen molar-refractivity contribution >= 4 is 12.1 Å². The fourth-order valence-electron chi connectivity index (χ4n) is 1.44. The highest BCUT2D eigenvalue weighted by molar-refractivity contribution is 5.68. The zero-order valence-electron chi connectivity index (χ0n) is 12.0. The van der Waals surface area contributed by atoms with Gasteiger partial charge in [0.15, 0.2) is 0 Å². The fraction of sp³-hybridized carbons (Fsp3) is 0.692.